The van der Waals surface area contributed by atoms with E-state index in [-0.39, 0.29) is 0 Å². The molecule has 1 N–H and O–H groups in total. The lowest BCUT2D eigenvalue weighted by Gasteiger charge is -2.24. The fourth-order valence-corrected chi connectivity index (χ4v) is 3.21. The second-order valence-corrected chi connectivity index (χ2v) is 6.55. The van der Waals surface area contributed by atoms with Crippen LogP contribution in [0.4, 0.5) is 0 Å². The summed E-state index contributed by atoms with van der Waals surface area (Å²) in [6.07, 6.45) is 5.46. The van der Waals surface area contributed by atoms with Crippen LogP contribution in [0.3, 0.4) is 0 Å². The van der Waals surface area contributed by atoms with Crippen LogP contribution >= 0.6 is 0 Å². The van der Waals surface area contributed by atoms with Gasteiger partial charge in [0, 0.05) is 32.7 Å². The Kier molecular flexibility index (Phi) is 6.81. The van der Waals surface area contributed by atoms with Crippen LogP contribution in [0.5, 0.6) is 0 Å². The Labute approximate surface area is 131 Å². The summed E-state index contributed by atoms with van der Waals surface area (Å²) >= 11 is 0. The largest absolute Gasteiger partial charge is 0.357 e. The molecule has 0 amide bonds. The van der Waals surface area contributed by atoms with Crippen LogP contribution in [0.25, 0.3) is 0 Å². The predicted octanol–water partition coefficient (Wildman–Crippen LogP) is 2.42. The lowest BCUT2D eigenvalue weighted by molar-refractivity contribution is 0.255. The lowest BCUT2D eigenvalue weighted by atomic mass is 10.1. The van der Waals surface area contributed by atoms with Crippen LogP contribution in [0.15, 0.2) is 4.99 Å². The molecule has 2 aliphatic rings. The van der Waals surface area contributed by atoms with Gasteiger partial charge < -0.3 is 15.1 Å². The molecule has 0 bridgehead atoms. The maximum atomic E-state index is 4.85. The monoisotopic (exact) mass is 294 g/mol. The van der Waals surface area contributed by atoms with Gasteiger partial charge in [-0.2, -0.15) is 0 Å². The molecule has 2 fully saturated rings. The summed E-state index contributed by atoms with van der Waals surface area (Å²) in [5, 5.41) is 3.48. The van der Waals surface area contributed by atoms with Gasteiger partial charge in [-0.05, 0) is 44.7 Å². The Bertz CT molecular complexity index is 321. The Morgan fingerprint density at radius 1 is 1.14 bits per heavy atom. The van der Waals surface area contributed by atoms with Crippen LogP contribution in [0.1, 0.15) is 46.5 Å². The highest BCUT2D eigenvalue weighted by Crippen LogP contribution is 2.32. The average molecular weight is 294 g/mol. The molecule has 1 aliphatic heterocycles. The summed E-state index contributed by atoms with van der Waals surface area (Å²) in [4.78, 5) is 9.87. The minimum atomic E-state index is 0.803. The van der Waals surface area contributed by atoms with Gasteiger partial charge in [-0.3, -0.25) is 4.99 Å². The van der Waals surface area contributed by atoms with Crippen molar-refractivity contribution in [2.24, 2.45) is 16.8 Å². The summed E-state index contributed by atoms with van der Waals surface area (Å²) in [5.41, 5.74) is 0. The first kappa shape index (κ1) is 16.6. The molecular weight excluding hydrogens is 260 g/mol. The van der Waals surface area contributed by atoms with E-state index >= 15 is 0 Å². The van der Waals surface area contributed by atoms with Crippen LogP contribution in [0, 0.1) is 11.8 Å². The molecule has 0 aromatic carbocycles. The molecule has 1 saturated carbocycles. The lowest BCUT2D eigenvalue weighted by Crippen LogP contribution is -2.41. The fraction of sp³-hybridized carbons (Fsp3) is 0.941. The van der Waals surface area contributed by atoms with Crippen LogP contribution < -0.4 is 5.32 Å². The Morgan fingerprint density at radius 2 is 1.90 bits per heavy atom. The van der Waals surface area contributed by atoms with Crippen molar-refractivity contribution in [2.75, 3.05) is 45.8 Å². The van der Waals surface area contributed by atoms with Crippen molar-refractivity contribution in [3.8, 4) is 0 Å². The molecule has 4 heteroatoms. The van der Waals surface area contributed by atoms with Gasteiger partial charge >= 0.3 is 0 Å². The van der Waals surface area contributed by atoms with Crippen molar-refractivity contribution in [1.29, 1.82) is 0 Å². The predicted molar refractivity (Wildman–Crippen MR) is 90.8 cm³/mol. The van der Waals surface area contributed by atoms with Crippen LogP contribution in [-0.4, -0.2) is 61.6 Å². The van der Waals surface area contributed by atoms with Gasteiger partial charge in [-0.1, -0.05) is 26.7 Å². The number of aliphatic imine (C=N–C) groups is 1. The molecule has 1 heterocycles. The number of likely N-dealkylation sites (tertiary alicyclic amines) is 1. The third-order valence-electron chi connectivity index (χ3n) is 4.83. The van der Waals surface area contributed by atoms with Gasteiger partial charge in [-0.15, -0.1) is 0 Å². The molecule has 21 heavy (non-hydrogen) atoms. The smallest absolute Gasteiger partial charge is 0.193 e. The third-order valence-corrected chi connectivity index (χ3v) is 4.83. The van der Waals surface area contributed by atoms with E-state index in [2.05, 4.69) is 35.9 Å². The summed E-state index contributed by atoms with van der Waals surface area (Å²) in [6.45, 7) is 14.6. The third kappa shape index (κ3) is 5.50. The standard InChI is InChI=1S/C17H34N4/c1-4-18-17(19-11-9-15-7-8-15)21-12-10-16(14-21)13-20(5-2)6-3/h15-16H,4-14H2,1-3H3,(H,18,19). The van der Waals surface area contributed by atoms with Crippen molar-refractivity contribution >= 4 is 5.96 Å². The second kappa shape index (κ2) is 8.62. The highest BCUT2D eigenvalue weighted by atomic mass is 15.3. The number of hydrogen-bond donors (Lipinski definition) is 1. The second-order valence-electron chi connectivity index (χ2n) is 6.55. The molecule has 0 aromatic rings. The van der Waals surface area contributed by atoms with Gasteiger partial charge in [0.05, 0.1) is 0 Å². The Hall–Kier alpha value is -0.770. The molecule has 122 valence electrons. The molecule has 1 saturated heterocycles. The van der Waals surface area contributed by atoms with Crippen LogP contribution in [0.2, 0.25) is 0 Å². The highest BCUT2D eigenvalue weighted by molar-refractivity contribution is 5.80. The molecule has 2 rings (SSSR count). The molecule has 0 aromatic heterocycles. The van der Waals surface area contributed by atoms with E-state index in [9.17, 15) is 0 Å². The van der Waals surface area contributed by atoms with Gasteiger partial charge in [0.2, 0.25) is 0 Å². The van der Waals surface area contributed by atoms with Gasteiger partial charge in [0.25, 0.3) is 0 Å². The van der Waals surface area contributed by atoms with E-state index < -0.39 is 0 Å². The Balaban J connectivity index is 1.80. The van der Waals surface area contributed by atoms with Crippen molar-refractivity contribution in [3.63, 3.8) is 0 Å². The minimum absolute atomic E-state index is 0.803. The van der Waals surface area contributed by atoms with E-state index in [0.717, 1.165) is 30.9 Å². The molecule has 1 aliphatic carbocycles. The number of nitrogens with one attached hydrogen (secondary N) is 1. The normalized spacial score (nSPS) is 23.1. The summed E-state index contributed by atoms with van der Waals surface area (Å²) in [6, 6.07) is 0. The van der Waals surface area contributed by atoms with E-state index in [1.54, 1.807) is 0 Å². The number of hydrogen-bond acceptors (Lipinski definition) is 2. The molecule has 4 nitrogen and oxygen atoms in total. The number of guanidine groups is 1. The summed E-state index contributed by atoms with van der Waals surface area (Å²) in [5.74, 6) is 2.93. The van der Waals surface area contributed by atoms with Crippen LogP contribution in [-0.2, 0) is 0 Å². The van der Waals surface area contributed by atoms with Gasteiger partial charge in [0.15, 0.2) is 5.96 Å². The zero-order valence-electron chi connectivity index (χ0n) is 14.3. The quantitative estimate of drug-likeness (QED) is 0.551. The van der Waals surface area contributed by atoms with E-state index in [1.165, 1.54) is 58.4 Å². The molecule has 1 unspecified atom stereocenters. The topological polar surface area (TPSA) is 30.9 Å². The highest BCUT2D eigenvalue weighted by Gasteiger charge is 2.26. The van der Waals surface area contributed by atoms with Gasteiger partial charge in [-0.25, -0.2) is 0 Å². The average Bonchev–Trinajstić information content (AvgIpc) is 3.20. The van der Waals surface area contributed by atoms with Crippen molar-refractivity contribution in [3.05, 3.63) is 0 Å². The summed E-state index contributed by atoms with van der Waals surface area (Å²) < 4.78 is 0. The minimum Gasteiger partial charge on any atom is -0.357 e. The molecule has 1 atom stereocenters. The SMILES string of the molecule is CCNC(=NCCC1CC1)N1CCC(CN(CC)CC)C1. The number of rotatable bonds is 8. The maximum Gasteiger partial charge on any atom is 0.193 e. The van der Waals surface area contributed by atoms with Crippen molar-refractivity contribution in [1.82, 2.24) is 15.1 Å². The zero-order valence-corrected chi connectivity index (χ0v) is 14.3. The van der Waals surface area contributed by atoms with E-state index in [4.69, 9.17) is 4.99 Å². The van der Waals surface area contributed by atoms with Crippen molar-refractivity contribution in [2.45, 2.75) is 46.5 Å². The Morgan fingerprint density at radius 3 is 2.52 bits per heavy atom. The first-order valence-electron chi connectivity index (χ1n) is 9.02. The number of nitrogens with zero attached hydrogens (tertiary/aromatic N) is 3. The molecular formula is C17H34N4. The van der Waals surface area contributed by atoms with E-state index in [1.807, 2.05) is 0 Å². The van der Waals surface area contributed by atoms with Gasteiger partial charge in [0.1, 0.15) is 0 Å². The van der Waals surface area contributed by atoms with E-state index in [0.29, 0.717) is 0 Å². The maximum absolute atomic E-state index is 4.85. The van der Waals surface area contributed by atoms with Crippen molar-refractivity contribution < 1.29 is 0 Å². The fourth-order valence-electron chi connectivity index (χ4n) is 3.21. The zero-order chi connectivity index (χ0) is 15.1. The first-order valence-corrected chi connectivity index (χ1v) is 9.02. The summed E-state index contributed by atoms with van der Waals surface area (Å²) in [7, 11) is 0. The first-order chi connectivity index (χ1) is 10.3. The molecule has 0 radical (unpaired) electrons. The molecule has 0 spiro atoms.